The smallest absolute Gasteiger partial charge is 0.124 e. The zero-order chi connectivity index (χ0) is 14.4. The third-order valence-corrected chi connectivity index (χ3v) is 3.34. The second-order valence-corrected chi connectivity index (χ2v) is 4.78. The van der Waals surface area contributed by atoms with Crippen LogP contribution in [0.3, 0.4) is 0 Å². The Morgan fingerprint density at radius 1 is 1.10 bits per heavy atom. The van der Waals surface area contributed by atoms with Gasteiger partial charge in [0.25, 0.3) is 0 Å². The molecule has 1 atom stereocenters. The van der Waals surface area contributed by atoms with Crippen molar-refractivity contribution >= 4 is 5.69 Å². The Kier molecular flexibility index (Phi) is 5.02. The average Bonchev–Trinajstić information content (AvgIpc) is 2.49. The lowest BCUT2D eigenvalue weighted by atomic mass is 10.1. The van der Waals surface area contributed by atoms with E-state index in [1.54, 1.807) is 7.11 Å². The number of para-hydroxylation sites is 1. The van der Waals surface area contributed by atoms with Gasteiger partial charge in [0.05, 0.1) is 13.2 Å². The van der Waals surface area contributed by atoms with Crippen molar-refractivity contribution in [1.29, 1.82) is 0 Å². The maximum absolute atomic E-state index is 8.91. The Hall–Kier alpha value is -2.00. The van der Waals surface area contributed by atoms with Gasteiger partial charge in [0, 0.05) is 17.9 Å². The van der Waals surface area contributed by atoms with Gasteiger partial charge in [-0.1, -0.05) is 30.3 Å². The molecule has 20 heavy (non-hydrogen) atoms. The molecule has 0 saturated carbocycles. The van der Waals surface area contributed by atoms with Gasteiger partial charge in [-0.25, -0.2) is 0 Å². The van der Waals surface area contributed by atoms with Gasteiger partial charge in [0.15, 0.2) is 0 Å². The second-order valence-electron chi connectivity index (χ2n) is 4.78. The molecule has 0 aliphatic heterocycles. The van der Waals surface area contributed by atoms with Crippen LogP contribution in [-0.2, 0) is 6.42 Å². The first-order valence-electron chi connectivity index (χ1n) is 6.84. The number of rotatable bonds is 6. The minimum atomic E-state index is 0.162. The normalized spacial score (nSPS) is 11.9. The molecular formula is C17H21NO2. The molecule has 0 radical (unpaired) electrons. The second kappa shape index (κ2) is 6.96. The molecule has 0 saturated heterocycles. The molecule has 3 heteroatoms. The highest BCUT2D eigenvalue weighted by atomic mass is 16.5. The topological polar surface area (TPSA) is 41.5 Å². The van der Waals surface area contributed by atoms with Crippen LogP contribution >= 0.6 is 0 Å². The molecule has 0 aliphatic carbocycles. The molecule has 3 nitrogen and oxygen atoms in total. The number of benzene rings is 2. The Labute approximate surface area is 120 Å². The van der Waals surface area contributed by atoms with Crippen molar-refractivity contribution in [3.63, 3.8) is 0 Å². The highest BCUT2D eigenvalue weighted by molar-refractivity contribution is 5.48. The summed E-state index contributed by atoms with van der Waals surface area (Å²) >= 11 is 0. The minimum Gasteiger partial charge on any atom is -0.496 e. The summed E-state index contributed by atoms with van der Waals surface area (Å²) in [6, 6.07) is 16.3. The van der Waals surface area contributed by atoms with Gasteiger partial charge in [-0.15, -0.1) is 0 Å². The molecule has 2 rings (SSSR count). The fourth-order valence-corrected chi connectivity index (χ4v) is 2.25. The van der Waals surface area contributed by atoms with Gasteiger partial charge in [-0.2, -0.15) is 0 Å². The molecule has 0 heterocycles. The van der Waals surface area contributed by atoms with Gasteiger partial charge < -0.3 is 15.2 Å². The Morgan fingerprint density at radius 3 is 2.45 bits per heavy atom. The fourth-order valence-electron chi connectivity index (χ4n) is 2.25. The maximum atomic E-state index is 8.91. The predicted octanol–water partition coefficient (Wildman–Crippen LogP) is 3.40. The van der Waals surface area contributed by atoms with Crippen LogP contribution in [0.2, 0.25) is 0 Å². The zero-order valence-electron chi connectivity index (χ0n) is 12.0. The first kappa shape index (κ1) is 14.4. The van der Waals surface area contributed by atoms with E-state index in [0.29, 0.717) is 6.42 Å². The van der Waals surface area contributed by atoms with E-state index < -0.39 is 0 Å². The quantitative estimate of drug-likeness (QED) is 0.846. The minimum absolute atomic E-state index is 0.162. The number of methoxy groups -OCH3 is 1. The predicted molar refractivity (Wildman–Crippen MR) is 82.3 cm³/mol. The van der Waals surface area contributed by atoms with Crippen LogP contribution in [0.4, 0.5) is 5.69 Å². The van der Waals surface area contributed by atoms with Gasteiger partial charge in [-0.05, 0) is 37.1 Å². The third-order valence-electron chi connectivity index (χ3n) is 3.34. The van der Waals surface area contributed by atoms with Crippen LogP contribution in [0.5, 0.6) is 5.75 Å². The molecule has 1 unspecified atom stereocenters. The molecule has 0 amide bonds. The number of anilines is 1. The van der Waals surface area contributed by atoms with Crippen molar-refractivity contribution in [1.82, 2.24) is 0 Å². The Balaban J connectivity index is 2.08. The van der Waals surface area contributed by atoms with Gasteiger partial charge in [-0.3, -0.25) is 0 Å². The summed E-state index contributed by atoms with van der Waals surface area (Å²) in [6.07, 6.45) is 0.697. The molecule has 2 aromatic rings. The lowest BCUT2D eigenvalue weighted by Crippen LogP contribution is -2.08. The van der Waals surface area contributed by atoms with E-state index in [2.05, 4.69) is 18.3 Å². The summed E-state index contributed by atoms with van der Waals surface area (Å²) in [5, 5.41) is 12.4. The van der Waals surface area contributed by atoms with Crippen LogP contribution in [-0.4, -0.2) is 18.8 Å². The van der Waals surface area contributed by atoms with Gasteiger partial charge in [0.2, 0.25) is 0 Å². The highest BCUT2D eigenvalue weighted by Crippen LogP contribution is 2.27. The Bertz CT molecular complexity index is 537. The lowest BCUT2D eigenvalue weighted by Gasteiger charge is -2.18. The number of hydrogen-bond acceptors (Lipinski definition) is 3. The molecule has 106 valence electrons. The number of hydrogen-bond donors (Lipinski definition) is 2. The van der Waals surface area contributed by atoms with E-state index in [1.807, 2.05) is 42.5 Å². The van der Waals surface area contributed by atoms with E-state index in [0.717, 1.165) is 22.6 Å². The van der Waals surface area contributed by atoms with Crippen LogP contribution in [0, 0.1) is 0 Å². The largest absolute Gasteiger partial charge is 0.496 e. The van der Waals surface area contributed by atoms with Crippen LogP contribution in [0.25, 0.3) is 0 Å². The van der Waals surface area contributed by atoms with E-state index in [9.17, 15) is 0 Å². The zero-order valence-corrected chi connectivity index (χ0v) is 12.0. The molecular weight excluding hydrogens is 250 g/mol. The van der Waals surface area contributed by atoms with Crippen molar-refractivity contribution in [2.75, 3.05) is 19.0 Å². The van der Waals surface area contributed by atoms with Crippen molar-refractivity contribution in [3.8, 4) is 5.75 Å². The molecule has 0 bridgehead atoms. The number of nitrogens with one attached hydrogen (secondary N) is 1. The van der Waals surface area contributed by atoms with E-state index in [1.165, 1.54) is 0 Å². The van der Waals surface area contributed by atoms with E-state index in [4.69, 9.17) is 9.84 Å². The Morgan fingerprint density at radius 2 is 1.80 bits per heavy atom. The molecule has 0 aromatic heterocycles. The SMILES string of the molecule is COc1ccccc1C(C)Nc1ccc(CCO)cc1. The summed E-state index contributed by atoms with van der Waals surface area (Å²) in [7, 11) is 1.69. The van der Waals surface area contributed by atoms with Crippen LogP contribution in [0.15, 0.2) is 48.5 Å². The molecule has 2 aromatic carbocycles. The fraction of sp³-hybridized carbons (Fsp3) is 0.294. The monoisotopic (exact) mass is 271 g/mol. The van der Waals surface area contributed by atoms with Crippen LogP contribution in [0.1, 0.15) is 24.1 Å². The molecule has 0 spiro atoms. The summed E-state index contributed by atoms with van der Waals surface area (Å²) in [4.78, 5) is 0. The van der Waals surface area contributed by atoms with Crippen molar-refractivity contribution in [2.45, 2.75) is 19.4 Å². The highest BCUT2D eigenvalue weighted by Gasteiger charge is 2.10. The number of aliphatic hydroxyl groups is 1. The van der Waals surface area contributed by atoms with Gasteiger partial charge >= 0.3 is 0 Å². The first-order chi connectivity index (χ1) is 9.74. The van der Waals surface area contributed by atoms with Crippen molar-refractivity contribution in [2.24, 2.45) is 0 Å². The maximum Gasteiger partial charge on any atom is 0.124 e. The summed E-state index contributed by atoms with van der Waals surface area (Å²) < 4.78 is 5.39. The average molecular weight is 271 g/mol. The van der Waals surface area contributed by atoms with Crippen molar-refractivity contribution in [3.05, 3.63) is 59.7 Å². The van der Waals surface area contributed by atoms with Crippen LogP contribution < -0.4 is 10.1 Å². The molecule has 0 aliphatic rings. The van der Waals surface area contributed by atoms with E-state index in [-0.39, 0.29) is 12.6 Å². The summed E-state index contributed by atoms with van der Waals surface area (Å²) in [5.41, 5.74) is 3.34. The molecule has 2 N–H and O–H groups in total. The first-order valence-corrected chi connectivity index (χ1v) is 6.84. The summed E-state index contributed by atoms with van der Waals surface area (Å²) in [6.45, 7) is 2.30. The van der Waals surface area contributed by atoms with Crippen molar-refractivity contribution < 1.29 is 9.84 Å². The summed E-state index contributed by atoms with van der Waals surface area (Å²) in [5.74, 6) is 0.893. The number of aliphatic hydroxyl groups excluding tert-OH is 1. The lowest BCUT2D eigenvalue weighted by molar-refractivity contribution is 0.299. The van der Waals surface area contributed by atoms with E-state index >= 15 is 0 Å². The third kappa shape index (κ3) is 3.52. The number of ether oxygens (including phenoxy) is 1. The molecule has 0 fully saturated rings. The van der Waals surface area contributed by atoms with Gasteiger partial charge in [0.1, 0.15) is 5.75 Å². The standard InChI is InChI=1S/C17H21NO2/c1-13(16-5-3-4-6-17(16)20-2)18-15-9-7-14(8-10-15)11-12-19/h3-10,13,18-19H,11-12H2,1-2H3.